The molecule has 3 fully saturated rings. The fraction of sp³-hybridized carbons (Fsp3) is 0.610. The lowest BCUT2D eigenvalue weighted by Crippen LogP contribution is -2.63. The van der Waals surface area contributed by atoms with Gasteiger partial charge in [0, 0.05) is 49.7 Å². The lowest BCUT2D eigenvalue weighted by atomic mass is 9.56. The molecular formula is C41H52N6O4. The van der Waals surface area contributed by atoms with Gasteiger partial charge in [0.1, 0.15) is 0 Å². The van der Waals surface area contributed by atoms with E-state index in [0.717, 1.165) is 120 Å². The molecule has 2 aromatic heterocycles. The van der Waals surface area contributed by atoms with Crippen molar-refractivity contribution < 1.29 is 9.59 Å². The van der Waals surface area contributed by atoms with Crippen LogP contribution in [0.15, 0.2) is 57.2 Å². The van der Waals surface area contributed by atoms with Crippen LogP contribution >= 0.6 is 0 Å². The van der Waals surface area contributed by atoms with Gasteiger partial charge in [0.05, 0.1) is 24.2 Å². The Morgan fingerprint density at radius 2 is 1.10 bits per heavy atom. The highest BCUT2D eigenvalue weighted by Crippen LogP contribution is 2.58. The minimum absolute atomic E-state index is 0.0711. The summed E-state index contributed by atoms with van der Waals surface area (Å²) in [5, 5.41) is 0. The predicted octanol–water partition coefficient (Wildman–Crippen LogP) is 3.68. The Morgan fingerprint density at radius 1 is 0.647 bits per heavy atom. The van der Waals surface area contributed by atoms with E-state index >= 15 is 0 Å². The summed E-state index contributed by atoms with van der Waals surface area (Å²) in [6, 6.07) is 7.29. The van der Waals surface area contributed by atoms with Gasteiger partial charge in [-0.3, -0.25) is 29.0 Å². The van der Waals surface area contributed by atoms with Crippen molar-refractivity contribution in [3.05, 3.63) is 90.8 Å². The van der Waals surface area contributed by atoms with E-state index in [0.29, 0.717) is 36.8 Å². The molecule has 5 heterocycles. The number of carbonyl (C=O) groups is 2. The molecule has 2 unspecified atom stereocenters. The monoisotopic (exact) mass is 692 g/mol. The summed E-state index contributed by atoms with van der Waals surface area (Å²) < 4.78 is 0. The Morgan fingerprint density at radius 3 is 1.55 bits per heavy atom. The molecule has 51 heavy (non-hydrogen) atoms. The number of nitrogens with one attached hydrogen (secondary N) is 2. The van der Waals surface area contributed by atoms with E-state index in [1.165, 1.54) is 11.1 Å². The highest BCUT2D eigenvalue weighted by atomic mass is 16.2. The first-order valence-electron chi connectivity index (χ1n) is 19.5. The summed E-state index contributed by atoms with van der Waals surface area (Å²) in [7, 11) is 0. The molecule has 10 heteroatoms. The third kappa shape index (κ3) is 5.25. The number of allylic oxidation sites excluding steroid dienone is 2. The van der Waals surface area contributed by atoms with Crippen LogP contribution < -0.4 is 11.1 Å². The van der Waals surface area contributed by atoms with Gasteiger partial charge in [0.2, 0.25) is 22.9 Å². The summed E-state index contributed by atoms with van der Waals surface area (Å²) in [5.74, 6) is 1.77. The summed E-state index contributed by atoms with van der Waals surface area (Å²) in [5.41, 5.74) is 6.02. The Bertz CT molecular complexity index is 1810. The number of piperidine rings is 2. The topological polar surface area (TPSA) is 113 Å². The quantitative estimate of drug-likeness (QED) is 0.473. The number of likely N-dealkylation sites (tertiary alicyclic amines) is 2. The Balaban J connectivity index is 0.910. The summed E-state index contributed by atoms with van der Waals surface area (Å²) >= 11 is 0. The zero-order chi connectivity index (χ0) is 35.1. The molecule has 0 aromatic carbocycles. The molecule has 0 saturated carbocycles. The van der Waals surface area contributed by atoms with Crippen molar-refractivity contribution in [2.75, 3.05) is 52.4 Å². The lowest BCUT2D eigenvalue weighted by Gasteiger charge is -2.59. The predicted molar refractivity (Wildman–Crippen MR) is 195 cm³/mol. The van der Waals surface area contributed by atoms with Gasteiger partial charge in [-0.2, -0.15) is 0 Å². The number of rotatable bonds is 4. The van der Waals surface area contributed by atoms with E-state index in [1.807, 2.05) is 12.1 Å². The molecule has 0 radical (unpaired) electrons. The normalized spacial score (nSPS) is 33.1. The van der Waals surface area contributed by atoms with Gasteiger partial charge in [0.15, 0.2) is 0 Å². The summed E-state index contributed by atoms with van der Waals surface area (Å²) in [6.07, 6.45) is 13.2. The molecule has 3 aliphatic heterocycles. The minimum atomic E-state index is -0.400. The number of H-pyrrole nitrogens is 2. The highest BCUT2D eigenvalue weighted by Gasteiger charge is 2.58. The molecule has 2 N–H and O–H groups in total. The fourth-order valence-electron chi connectivity index (χ4n) is 12.2. The van der Waals surface area contributed by atoms with Crippen LogP contribution in [0.3, 0.4) is 0 Å². The second kappa shape index (κ2) is 12.4. The van der Waals surface area contributed by atoms with E-state index in [-0.39, 0.29) is 22.9 Å². The van der Waals surface area contributed by atoms with Gasteiger partial charge in [-0.25, -0.2) is 0 Å². The number of nitrogens with zero attached hydrogens (tertiary/aromatic N) is 4. The molecule has 9 rings (SSSR count). The SMILES string of the molecule is CC1=C[C@H]2Cc3[nH]c(=O)ccc3[C@@]3(C1)C2CCCN3C(=O)CN1CCCN(CC(=O)N2CCCC3[C@H]4C=C(C)C[C@]32c2ccc(=O)[nH]c2C4)CC1. The van der Waals surface area contributed by atoms with Crippen LogP contribution in [0.5, 0.6) is 0 Å². The third-order valence-electron chi connectivity index (χ3n) is 13.9. The van der Waals surface area contributed by atoms with Gasteiger partial charge in [-0.15, -0.1) is 0 Å². The zero-order valence-electron chi connectivity index (χ0n) is 30.2. The van der Waals surface area contributed by atoms with Crippen LogP contribution in [-0.2, 0) is 33.5 Å². The van der Waals surface area contributed by atoms with Crippen molar-refractivity contribution in [3.8, 4) is 0 Å². The van der Waals surface area contributed by atoms with Crippen molar-refractivity contribution in [3.63, 3.8) is 0 Å². The first-order chi connectivity index (χ1) is 24.7. The van der Waals surface area contributed by atoms with Crippen LogP contribution in [0.4, 0.5) is 0 Å². The molecule has 4 bridgehead atoms. The average Bonchev–Trinajstić information content (AvgIpc) is 3.31. The number of hydrogen-bond donors (Lipinski definition) is 2. The molecule has 10 nitrogen and oxygen atoms in total. The number of fused-ring (bicyclic) bond motifs is 2. The Hall–Kier alpha value is -3.76. The number of carbonyl (C=O) groups excluding carboxylic acids is 2. The number of hydrogen-bond acceptors (Lipinski definition) is 6. The Labute approximate surface area is 300 Å². The number of amides is 2. The zero-order valence-corrected chi connectivity index (χ0v) is 30.2. The maximum absolute atomic E-state index is 14.5. The van der Waals surface area contributed by atoms with Crippen LogP contribution in [0.25, 0.3) is 0 Å². The molecule has 2 aromatic rings. The van der Waals surface area contributed by atoms with Crippen molar-refractivity contribution >= 4 is 11.8 Å². The molecule has 7 aliphatic rings. The van der Waals surface area contributed by atoms with Gasteiger partial charge in [0.25, 0.3) is 0 Å². The van der Waals surface area contributed by atoms with Crippen molar-refractivity contribution in [2.24, 2.45) is 23.7 Å². The van der Waals surface area contributed by atoms with Crippen LogP contribution in [-0.4, -0.2) is 93.7 Å². The number of aromatic amines is 2. The van der Waals surface area contributed by atoms with Gasteiger partial charge < -0.3 is 19.8 Å². The molecule has 6 atom stereocenters. The van der Waals surface area contributed by atoms with Gasteiger partial charge in [-0.1, -0.05) is 23.3 Å². The van der Waals surface area contributed by atoms with Crippen LogP contribution in [0.1, 0.15) is 81.3 Å². The van der Waals surface area contributed by atoms with Crippen LogP contribution in [0.2, 0.25) is 0 Å². The van der Waals surface area contributed by atoms with Crippen molar-refractivity contribution in [1.82, 2.24) is 29.6 Å². The molecule has 4 aliphatic carbocycles. The van der Waals surface area contributed by atoms with E-state index in [1.54, 1.807) is 12.1 Å². The Kier molecular flexibility index (Phi) is 8.07. The number of pyridine rings is 2. The fourth-order valence-corrected chi connectivity index (χ4v) is 12.2. The summed E-state index contributed by atoms with van der Waals surface area (Å²) in [6.45, 7) is 9.79. The summed E-state index contributed by atoms with van der Waals surface area (Å²) in [4.78, 5) is 68.9. The third-order valence-corrected chi connectivity index (χ3v) is 13.9. The molecular weight excluding hydrogens is 640 g/mol. The molecule has 3 saturated heterocycles. The van der Waals surface area contributed by atoms with E-state index in [4.69, 9.17) is 0 Å². The average molecular weight is 693 g/mol. The molecule has 0 spiro atoms. The van der Waals surface area contributed by atoms with Crippen molar-refractivity contribution in [2.45, 2.75) is 82.7 Å². The van der Waals surface area contributed by atoms with Crippen LogP contribution in [0, 0.1) is 23.7 Å². The van der Waals surface area contributed by atoms with Crippen molar-refractivity contribution in [1.29, 1.82) is 0 Å². The second-order valence-corrected chi connectivity index (χ2v) is 16.9. The highest BCUT2D eigenvalue weighted by molar-refractivity contribution is 5.81. The molecule has 2 amide bonds. The first-order valence-corrected chi connectivity index (χ1v) is 19.5. The van der Waals surface area contributed by atoms with Gasteiger partial charge >= 0.3 is 0 Å². The first kappa shape index (κ1) is 33.1. The minimum Gasteiger partial charge on any atom is -0.331 e. The van der Waals surface area contributed by atoms with E-state index in [2.05, 4.69) is 55.6 Å². The second-order valence-electron chi connectivity index (χ2n) is 16.9. The largest absolute Gasteiger partial charge is 0.331 e. The smallest absolute Gasteiger partial charge is 0.248 e. The molecule has 270 valence electrons. The maximum Gasteiger partial charge on any atom is 0.248 e. The van der Waals surface area contributed by atoms with Gasteiger partial charge in [-0.05, 0) is 132 Å². The maximum atomic E-state index is 14.5. The van der Waals surface area contributed by atoms with E-state index < -0.39 is 11.1 Å². The lowest BCUT2D eigenvalue weighted by molar-refractivity contribution is -0.150. The standard InChI is InChI=1S/C41H52N6O4/c1-26-18-28-20-34-32(8-10-36(48)42-34)40(22-26)30(28)6-3-14-46(40)38(50)24-44-12-5-13-45(17-16-44)25-39(51)47-15-4-7-31-29-19-27(2)23-41(31,47)33-9-11-37(49)43-35(33)21-29/h8-11,18-19,28-31H,3-7,12-17,20-25H2,1-2H3,(H,42,48)(H,43,49)/t28-,29-,30?,31?,40+,41+/m0/s1. The van der Waals surface area contributed by atoms with E-state index in [9.17, 15) is 19.2 Å². The number of aromatic nitrogens is 2.